The van der Waals surface area contributed by atoms with Crippen molar-refractivity contribution in [3.8, 4) is 0 Å². The van der Waals surface area contributed by atoms with Gasteiger partial charge in [-0.3, -0.25) is 0 Å². The van der Waals surface area contributed by atoms with Crippen LogP contribution in [0.4, 0.5) is 5.69 Å². The molecule has 0 fully saturated rings. The SMILES string of the molecule is CNC(=S)Nc1cc(C)cc(C)c1. The first-order valence-electron chi connectivity index (χ1n) is 4.19. The lowest BCUT2D eigenvalue weighted by molar-refractivity contribution is 1.19. The highest BCUT2D eigenvalue weighted by atomic mass is 32.1. The summed E-state index contributed by atoms with van der Waals surface area (Å²) in [7, 11) is 1.80. The molecule has 1 aromatic rings. The Morgan fingerprint density at radius 1 is 1.15 bits per heavy atom. The summed E-state index contributed by atoms with van der Waals surface area (Å²) in [5, 5.41) is 6.61. The molecule has 0 aliphatic heterocycles. The van der Waals surface area contributed by atoms with Crippen LogP contribution in [-0.2, 0) is 0 Å². The van der Waals surface area contributed by atoms with E-state index in [4.69, 9.17) is 12.2 Å². The van der Waals surface area contributed by atoms with E-state index in [0.717, 1.165) is 5.69 Å². The molecular weight excluding hydrogens is 180 g/mol. The standard InChI is InChI=1S/C10H14N2S/c1-7-4-8(2)6-9(5-7)12-10(13)11-3/h4-6H,1-3H3,(H2,11,12,13). The predicted octanol–water partition coefficient (Wildman–Crippen LogP) is 2.22. The van der Waals surface area contributed by atoms with Crippen molar-refractivity contribution in [3.05, 3.63) is 29.3 Å². The smallest absolute Gasteiger partial charge is 0.170 e. The minimum atomic E-state index is 0.644. The van der Waals surface area contributed by atoms with Gasteiger partial charge >= 0.3 is 0 Å². The van der Waals surface area contributed by atoms with E-state index in [1.54, 1.807) is 7.05 Å². The molecule has 0 heterocycles. The van der Waals surface area contributed by atoms with Crippen molar-refractivity contribution in [1.82, 2.24) is 5.32 Å². The largest absolute Gasteiger partial charge is 0.366 e. The summed E-state index contributed by atoms with van der Waals surface area (Å²) in [6, 6.07) is 6.26. The van der Waals surface area contributed by atoms with Crippen LogP contribution in [0.15, 0.2) is 18.2 Å². The van der Waals surface area contributed by atoms with Crippen LogP contribution in [0.1, 0.15) is 11.1 Å². The van der Waals surface area contributed by atoms with E-state index in [9.17, 15) is 0 Å². The average Bonchev–Trinajstić information content (AvgIpc) is 2.02. The molecule has 0 spiro atoms. The Hall–Kier alpha value is -1.09. The first kappa shape index (κ1) is 9.99. The summed E-state index contributed by atoms with van der Waals surface area (Å²) < 4.78 is 0. The third-order valence-electron chi connectivity index (χ3n) is 1.71. The molecule has 70 valence electrons. The van der Waals surface area contributed by atoms with E-state index in [1.807, 2.05) is 0 Å². The molecule has 3 heteroatoms. The lowest BCUT2D eigenvalue weighted by atomic mass is 10.1. The maximum absolute atomic E-state index is 5.00. The number of hydrogen-bond acceptors (Lipinski definition) is 1. The van der Waals surface area contributed by atoms with Crippen LogP contribution >= 0.6 is 12.2 Å². The molecule has 1 aromatic carbocycles. The van der Waals surface area contributed by atoms with Crippen LogP contribution in [0.5, 0.6) is 0 Å². The van der Waals surface area contributed by atoms with Gasteiger partial charge in [0, 0.05) is 12.7 Å². The van der Waals surface area contributed by atoms with Gasteiger partial charge in [0.05, 0.1) is 0 Å². The molecule has 0 bridgehead atoms. The number of nitrogens with one attached hydrogen (secondary N) is 2. The van der Waals surface area contributed by atoms with Crippen LogP contribution in [0, 0.1) is 13.8 Å². The van der Waals surface area contributed by atoms with E-state index >= 15 is 0 Å². The molecule has 0 atom stereocenters. The number of benzene rings is 1. The topological polar surface area (TPSA) is 24.1 Å². The Balaban J connectivity index is 2.83. The Morgan fingerprint density at radius 3 is 2.15 bits per heavy atom. The van der Waals surface area contributed by atoms with Crippen molar-refractivity contribution in [2.75, 3.05) is 12.4 Å². The number of anilines is 1. The predicted molar refractivity (Wildman–Crippen MR) is 61.2 cm³/mol. The van der Waals surface area contributed by atoms with Gasteiger partial charge < -0.3 is 10.6 Å². The van der Waals surface area contributed by atoms with Crippen molar-refractivity contribution >= 4 is 23.0 Å². The molecule has 0 aliphatic rings. The fraction of sp³-hybridized carbons (Fsp3) is 0.300. The molecule has 0 saturated carbocycles. The normalized spacial score (nSPS) is 9.46. The average molecular weight is 194 g/mol. The molecule has 2 nitrogen and oxygen atoms in total. The van der Waals surface area contributed by atoms with Gasteiger partial charge in [-0.15, -0.1) is 0 Å². The van der Waals surface area contributed by atoms with Gasteiger partial charge in [-0.2, -0.15) is 0 Å². The highest BCUT2D eigenvalue weighted by Crippen LogP contribution is 2.13. The van der Waals surface area contributed by atoms with E-state index < -0.39 is 0 Å². The highest BCUT2D eigenvalue weighted by molar-refractivity contribution is 7.80. The summed E-state index contributed by atoms with van der Waals surface area (Å²) in [5.41, 5.74) is 3.51. The zero-order valence-electron chi connectivity index (χ0n) is 8.14. The Morgan fingerprint density at radius 2 is 1.69 bits per heavy atom. The summed E-state index contributed by atoms with van der Waals surface area (Å²) in [5.74, 6) is 0. The van der Waals surface area contributed by atoms with Gasteiger partial charge in [0.1, 0.15) is 0 Å². The lowest BCUT2D eigenvalue weighted by Gasteiger charge is -2.08. The van der Waals surface area contributed by atoms with Crippen molar-refractivity contribution in [3.63, 3.8) is 0 Å². The Labute approximate surface area is 84.3 Å². The third kappa shape index (κ3) is 3.03. The first-order chi connectivity index (χ1) is 6.11. The fourth-order valence-corrected chi connectivity index (χ4v) is 1.36. The van der Waals surface area contributed by atoms with Crippen molar-refractivity contribution < 1.29 is 0 Å². The molecule has 13 heavy (non-hydrogen) atoms. The molecule has 0 amide bonds. The summed E-state index contributed by atoms with van der Waals surface area (Å²) in [4.78, 5) is 0. The molecule has 1 rings (SSSR count). The number of rotatable bonds is 1. The number of aryl methyl sites for hydroxylation is 2. The second-order valence-corrected chi connectivity index (χ2v) is 3.49. The van der Waals surface area contributed by atoms with Crippen molar-refractivity contribution in [1.29, 1.82) is 0 Å². The molecule has 0 unspecified atom stereocenters. The molecule has 0 saturated heterocycles. The molecule has 0 aromatic heterocycles. The van der Waals surface area contributed by atoms with Crippen LogP contribution in [0.2, 0.25) is 0 Å². The van der Waals surface area contributed by atoms with E-state index in [-0.39, 0.29) is 0 Å². The van der Waals surface area contributed by atoms with Gasteiger partial charge in [-0.25, -0.2) is 0 Å². The quantitative estimate of drug-likeness (QED) is 0.670. The summed E-state index contributed by atoms with van der Waals surface area (Å²) in [6.45, 7) is 4.14. The van der Waals surface area contributed by atoms with Crippen LogP contribution in [0.3, 0.4) is 0 Å². The van der Waals surface area contributed by atoms with Crippen LogP contribution in [0.25, 0.3) is 0 Å². The molecular formula is C10H14N2S. The van der Waals surface area contributed by atoms with Gasteiger partial charge in [0.15, 0.2) is 5.11 Å². The Kier molecular flexibility index (Phi) is 3.25. The monoisotopic (exact) mass is 194 g/mol. The minimum absolute atomic E-state index is 0.644. The van der Waals surface area contributed by atoms with Gasteiger partial charge in [0.25, 0.3) is 0 Å². The van der Waals surface area contributed by atoms with Gasteiger partial charge in [-0.05, 0) is 49.3 Å². The molecule has 0 radical (unpaired) electrons. The van der Waals surface area contributed by atoms with Gasteiger partial charge in [-0.1, -0.05) is 6.07 Å². The second kappa shape index (κ2) is 4.23. The van der Waals surface area contributed by atoms with E-state index in [2.05, 4.69) is 42.7 Å². The highest BCUT2D eigenvalue weighted by Gasteiger charge is 1.96. The van der Waals surface area contributed by atoms with Crippen LogP contribution < -0.4 is 10.6 Å². The van der Waals surface area contributed by atoms with Crippen LogP contribution in [-0.4, -0.2) is 12.2 Å². The third-order valence-corrected chi connectivity index (χ3v) is 2.01. The fourth-order valence-electron chi connectivity index (χ4n) is 1.24. The zero-order valence-corrected chi connectivity index (χ0v) is 8.96. The number of thiocarbonyl (C=S) groups is 1. The second-order valence-electron chi connectivity index (χ2n) is 3.08. The molecule has 2 N–H and O–H groups in total. The first-order valence-corrected chi connectivity index (χ1v) is 4.59. The van der Waals surface area contributed by atoms with E-state index in [1.165, 1.54) is 11.1 Å². The number of hydrogen-bond donors (Lipinski definition) is 2. The van der Waals surface area contributed by atoms with Crippen molar-refractivity contribution in [2.45, 2.75) is 13.8 Å². The maximum atomic E-state index is 5.00. The summed E-state index contributed by atoms with van der Waals surface area (Å²) >= 11 is 5.00. The summed E-state index contributed by atoms with van der Waals surface area (Å²) in [6.07, 6.45) is 0. The van der Waals surface area contributed by atoms with Gasteiger partial charge in [0.2, 0.25) is 0 Å². The zero-order chi connectivity index (χ0) is 9.84. The maximum Gasteiger partial charge on any atom is 0.170 e. The van der Waals surface area contributed by atoms with E-state index in [0.29, 0.717) is 5.11 Å². The molecule has 0 aliphatic carbocycles. The lowest BCUT2D eigenvalue weighted by Crippen LogP contribution is -2.24. The minimum Gasteiger partial charge on any atom is -0.366 e. The van der Waals surface area contributed by atoms with Crippen molar-refractivity contribution in [2.24, 2.45) is 0 Å². The Bertz CT molecular complexity index is 300.